The molecule has 0 bridgehead atoms. The van der Waals surface area contributed by atoms with E-state index in [2.05, 4.69) is 435 Å². The predicted octanol–water partition coefficient (Wildman–Crippen LogP) is 29.0. The van der Waals surface area contributed by atoms with Gasteiger partial charge in [0.2, 0.25) is 0 Å². The topological polar surface area (TPSA) is 16.3 Å². The van der Waals surface area contributed by atoms with E-state index in [4.69, 9.17) is 0 Å². The average Bonchev–Trinajstić information content (AvgIpc) is 1.50. The molecule has 4 aliphatic rings. The summed E-state index contributed by atoms with van der Waals surface area (Å²) in [4.78, 5) is 5.04. The molecule has 4 heteroatoms. The first kappa shape index (κ1) is 65.8. The number of benzene rings is 17. The number of para-hydroxylation sites is 4. The van der Waals surface area contributed by atoms with Crippen LogP contribution in [0.25, 0.3) is 133 Å². The van der Waals surface area contributed by atoms with Crippen LogP contribution in [-0.4, -0.2) is 9.13 Å². The molecule has 3 aliphatic carbocycles. The highest BCUT2D eigenvalue weighted by atomic mass is 15.2. The van der Waals surface area contributed by atoms with Gasteiger partial charge >= 0.3 is 0 Å². The molecule has 538 valence electrons. The summed E-state index contributed by atoms with van der Waals surface area (Å²) in [6, 6.07) is 146. The minimum atomic E-state index is -0.390. The fraction of sp³-hybridized carbons (Fsp3) is 0.0727. The van der Waals surface area contributed by atoms with E-state index in [9.17, 15) is 0 Å². The third kappa shape index (κ3) is 9.71. The second-order valence-electron chi connectivity index (χ2n) is 32.6. The average molecular weight is 1460 g/mol. The van der Waals surface area contributed by atoms with E-state index in [0.717, 1.165) is 40.4 Å². The largest absolute Gasteiger partial charge is 0.310 e. The molecule has 3 heterocycles. The first-order valence-corrected chi connectivity index (χ1v) is 40.1. The molecule has 0 saturated heterocycles. The maximum absolute atomic E-state index is 2.60. The van der Waals surface area contributed by atoms with Crippen molar-refractivity contribution in [1.82, 2.24) is 9.13 Å². The van der Waals surface area contributed by atoms with Gasteiger partial charge in [0.1, 0.15) is 0 Å². The van der Waals surface area contributed by atoms with Gasteiger partial charge in [0, 0.05) is 71.8 Å². The van der Waals surface area contributed by atoms with E-state index in [-0.39, 0.29) is 16.2 Å². The van der Waals surface area contributed by atoms with Gasteiger partial charge in [0.15, 0.2) is 0 Å². The molecule has 0 spiro atoms. The monoisotopic (exact) mass is 1450 g/mol. The van der Waals surface area contributed by atoms with Gasteiger partial charge in [-0.3, -0.25) is 0 Å². The Balaban J connectivity index is 0.590. The maximum atomic E-state index is 2.60. The molecule has 4 nitrogen and oxygen atoms in total. The van der Waals surface area contributed by atoms with Crippen molar-refractivity contribution < 1.29 is 0 Å². The minimum absolute atomic E-state index is 0.306. The molecule has 0 amide bonds. The van der Waals surface area contributed by atoms with Crippen molar-refractivity contribution in [2.75, 3.05) is 9.80 Å². The Kier molecular flexibility index (Phi) is 14.4. The van der Waals surface area contributed by atoms with Crippen molar-refractivity contribution in [2.45, 2.75) is 50.4 Å². The van der Waals surface area contributed by atoms with Crippen molar-refractivity contribution in [1.29, 1.82) is 0 Å². The summed E-state index contributed by atoms with van der Waals surface area (Å²) in [5.41, 5.74) is 41.2. The van der Waals surface area contributed by atoms with Crippen molar-refractivity contribution in [2.24, 2.45) is 0 Å². The second-order valence-corrected chi connectivity index (χ2v) is 32.6. The molecule has 114 heavy (non-hydrogen) atoms. The van der Waals surface area contributed by atoms with E-state index in [1.165, 1.54) is 178 Å². The molecule has 17 aromatic carbocycles. The lowest BCUT2D eigenvalue weighted by atomic mass is 9.69. The first-order chi connectivity index (χ1) is 56.0. The van der Waals surface area contributed by atoms with E-state index in [0.29, 0.717) is 0 Å². The summed E-state index contributed by atoms with van der Waals surface area (Å²) in [6.45, 7) is 9.92. The van der Waals surface area contributed by atoms with Crippen molar-refractivity contribution in [3.63, 3.8) is 0 Å². The van der Waals surface area contributed by atoms with Crippen LogP contribution in [-0.2, 0) is 22.7 Å². The fourth-order valence-electron chi connectivity index (χ4n) is 20.7. The predicted molar refractivity (Wildman–Crippen MR) is 477 cm³/mol. The van der Waals surface area contributed by atoms with Crippen molar-refractivity contribution in [3.8, 4) is 89.3 Å². The third-order valence-corrected chi connectivity index (χ3v) is 26.1. The number of fused-ring (bicyclic) bond motifs is 17. The molecule has 0 N–H and O–H groups in total. The summed E-state index contributed by atoms with van der Waals surface area (Å²) < 4.78 is 4.84. The Bertz CT molecular complexity index is 7130. The van der Waals surface area contributed by atoms with Gasteiger partial charge in [-0.25, -0.2) is 0 Å². The van der Waals surface area contributed by atoms with Gasteiger partial charge in [0.25, 0.3) is 0 Å². The van der Waals surface area contributed by atoms with Gasteiger partial charge in [-0.05, 0) is 245 Å². The van der Waals surface area contributed by atoms with Crippen LogP contribution in [0, 0.1) is 0 Å². The van der Waals surface area contributed by atoms with Crippen LogP contribution in [0.5, 0.6) is 0 Å². The van der Waals surface area contributed by atoms with E-state index in [1.807, 2.05) is 0 Å². The van der Waals surface area contributed by atoms with Gasteiger partial charge in [-0.2, -0.15) is 0 Å². The summed E-state index contributed by atoms with van der Waals surface area (Å²) in [7, 11) is 0. The molecular weight excluding hydrogens is 1380 g/mol. The Morgan fingerprint density at radius 2 is 0.719 bits per heavy atom. The first-order valence-electron chi connectivity index (χ1n) is 40.1. The maximum Gasteiger partial charge on any atom is 0.0541 e. The van der Waals surface area contributed by atoms with Crippen LogP contribution in [0.4, 0.5) is 34.1 Å². The zero-order valence-corrected chi connectivity index (χ0v) is 63.9. The van der Waals surface area contributed by atoms with Crippen LogP contribution >= 0.6 is 0 Å². The van der Waals surface area contributed by atoms with Crippen molar-refractivity contribution in [3.05, 3.63) is 433 Å². The lowest BCUT2D eigenvalue weighted by molar-refractivity contribution is 0.580. The molecule has 1 aliphatic heterocycles. The van der Waals surface area contributed by atoms with Gasteiger partial charge in [-0.1, -0.05) is 294 Å². The lowest BCUT2D eigenvalue weighted by Crippen LogP contribution is -2.32. The van der Waals surface area contributed by atoms with Crippen LogP contribution in [0.1, 0.15) is 72.2 Å². The highest BCUT2D eigenvalue weighted by Crippen LogP contribution is 2.65. The molecule has 19 aromatic rings. The SMILES string of the molecule is CC1(C)c2cc(CC3(C)c4ccccc4-c4cc(N(c5ccc(-c6ccc7c(c6)c6ccccc6n7-c6ccccc6-c6ccccc6)cc5)c5cccc(-c6ccccc6)c5)ccc43)ccc2-c2cc3c(cc21)N(c1ccc(-c2ccc(-n4c5ccccc5c5ccccc54)cc2)cc1)c1cccc2c1C3(C)c1ccccc1-2. The summed E-state index contributed by atoms with van der Waals surface area (Å²) in [5.74, 6) is 0. The summed E-state index contributed by atoms with van der Waals surface area (Å²) in [5, 5.41) is 5.00. The highest BCUT2D eigenvalue weighted by Gasteiger charge is 2.50. The van der Waals surface area contributed by atoms with Crippen LogP contribution in [0.3, 0.4) is 0 Å². The second kappa shape index (κ2) is 25.0. The zero-order chi connectivity index (χ0) is 75.7. The third-order valence-electron chi connectivity index (χ3n) is 26.1. The highest BCUT2D eigenvalue weighted by molar-refractivity contribution is 6.12. The smallest absolute Gasteiger partial charge is 0.0541 e. The van der Waals surface area contributed by atoms with Crippen LogP contribution in [0.2, 0.25) is 0 Å². The van der Waals surface area contributed by atoms with Gasteiger partial charge in [-0.15, -0.1) is 0 Å². The fourth-order valence-corrected chi connectivity index (χ4v) is 20.7. The number of hydrogen-bond acceptors (Lipinski definition) is 2. The Labute approximate surface area is 664 Å². The molecule has 0 fully saturated rings. The number of anilines is 6. The molecule has 2 atom stereocenters. The number of hydrogen-bond donors (Lipinski definition) is 0. The van der Waals surface area contributed by atoms with Gasteiger partial charge < -0.3 is 18.9 Å². The number of nitrogens with zero attached hydrogens (tertiary/aromatic N) is 4. The Morgan fingerprint density at radius 1 is 0.246 bits per heavy atom. The normalized spacial score (nSPS) is 15.7. The van der Waals surface area contributed by atoms with Crippen molar-refractivity contribution >= 4 is 77.7 Å². The number of aromatic nitrogens is 2. The van der Waals surface area contributed by atoms with E-state index in [1.54, 1.807) is 0 Å². The standard InChI is InChI=1S/C110H78N4/c1-108(2)97-63-70(45-60-86(97)92-67-99-106(68-98(92)108)113(105-44-24-37-90-84-32-12-18-39-96(84)110(99,4)107(90)105)80-57-48-73(49-58-80)72-46-55-79(56-47-72)112-101-41-20-14-34-87(101)88-35-15-21-42-102(88)112)69-109(3)94-38-17-11-33-85(94)91-66-82(59-61-95(91)109)111(81-30-23-29-76(64-81)71-25-7-5-8-26-71)78-53-50-74(51-54-78)77-52-62-104-93(65-77)89-36-16-22-43-103(89)114(104)100-40-19-13-31-83(100)75-27-9-6-10-28-75/h5-68H,69H2,1-4H3. The molecule has 0 saturated carbocycles. The summed E-state index contributed by atoms with van der Waals surface area (Å²) in [6.07, 6.45) is 0.840. The molecule has 2 aromatic heterocycles. The molecule has 23 rings (SSSR count). The van der Waals surface area contributed by atoms with E-state index < -0.39 is 0 Å². The lowest BCUT2D eigenvalue weighted by Gasteiger charge is -2.43. The quantitative estimate of drug-likeness (QED) is 0.121. The van der Waals surface area contributed by atoms with Crippen LogP contribution < -0.4 is 9.80 Å². The Morgan fingerprint density at radius 3 is 1.44 bits per heavy atom. The molecule has 0 radical (unpaired) electrons. The minimum Gasteiger partial charge on any atom is -0.310 e. The number of rotatable bonds is 12. The Hall–Kier alpha value is -14.1. The molecular formula is C110H78N4. The zero-order valence-electron chi connectivity index (χ0n) is 63.9. The summed E-state index contributed by atoms with van der Waals surface area (Å²) >= 11 is 0. The van der Waals surface area contributed by atoms with Crippen LogP contribution in [0.15, 0.2) is 388 Å². The van der Waals surface area contributed by atoms with Gasteiger partial charge in [0.05, 0.1) is 39.1 Å². The molecule has 2 unspecified atom stereocenters. The van der Waals surface area contributed by atoms with E-state index >= 15 is 0 Å².